The first kappa shape index (κ1) is 18.2. The van der Waals surface area contributed by atoms with Crippen LogP contribution < -0.4 is 11.1 Å². The van der Waals surface area contributed by atoms with Gasteiger partial charge in [0.05, 0.1) is 12.1 Å². The van der Waals surface area contributed by atoms with Gasteiger partial charge in [-0.1, -0.05) is 13.8 Å². The average molecular weight is 320 g/mol. The Kier molecular flexibility index (Phi) is 5.29. The molecule has 0 bridgehead atoms. The summed E-state index contributed by atoms with van der Waals surface area (Å²) in [6.07, 6.45) is 0.889. The van der Waals surface area contributed by atoms with Crippen molar-refractivity contribution in [1.29, 1.82) is 0 Å². The van der Waals surface area contributed by atoms with Crippen LogP contribution in [0.1, 0.15) is 33.6 Å². The first-order valence-electron chi connectivity index (χ1n) is 7.17. The number of halogens is 1. The van der Waals surface area contributed by atoms with E-state index >= 15 is 0 Å². The quantitative estimate of drug-likeness (QED) is 0.780. The lowest BCUT2D eigenvalue weighted by Gasteiger charge is -2.57. The number of likely N-dealkylation sites (tertiary alicyclic amines) is 1. The third-order valence-corrected chi connectivity index (χ3v) is 4.91. The molecule has 3 N–H and O–H groups in total. The second-order valence-corrected chi connectivity index (χ2v) is 6.49. The number of rotatable bonds is 4. The monoisotopic (exact) mass is 319 g/mol. The maximum Gasteiger partial charge on any atom is 0.241 e. The number of likely N-dealkylation sites (N-methyl/N-ethyl adjacent to an activating group) is 1. The van der Waals surface area contributed by atoms with Crippen LogP contribution in [0.15, 0.2) is 0 Å². The molecule has 3 unspecified atom stereocenters. The van der Waals surface area contributed by atoms with E-state index in [0.29, 0.717) is 26.0 Å². The van der Waals surface area contributed by atoms with E-state index in [1.807, 2.05) is 20.8 Å². The maximum atomic E-state index is 12.5. The predicted octanol–water partition coefficient (Wildman–Crippen LogP) is 0.288. The topological polar surface area (TPSA) is 84.7 Å². The lowest BCUT2D eigenvalue weighted by atomic mass is 9.54. The summed E-state index contributed by atoms with van der Waals surface area (Å²) < 4.78 is 5.62. The van der Waals surface area contributed by atoms with Gasteiger partial charge in [0.2, 0.25) is 11.8 Å². The highest BCUT2D eigenvalue weighted by atomic mass is 35.5. The molecule has 0 aromatic rings. The van der Waals surface area contributed by atoms with Crippen molar-refractivity contribution in [3.05, 3.63) is 0 Å². The summed E-state index contributed by atoms with van der Waals surface area (Å²) in [4.78, 5) is 25.6. The van der Waals surface area contributed by atoms with E-state index in [-0.39, 0.29) is 36.4 Å². The average Bonchev–Trinajstić information content (AvgIpc) is 2.67. The van der Waals surface area contributed by atoms with Crippen LogP contribution >= 0.6 is 12.4 Å². The number of carbonyl (C=O) groups excluding carboxylic acids is 2. The normalized spacial score (nSPS) is 34.1. The molecule has 2 aliphatic rings. The van der Waals surface area contributed by atoms with Crippen LogP contribution in [-0.2, 0) is 14.3 Å². The van der Waals surface area contributed by atoms with E-state index in [2.05, 4.69) is 5.32 Å². The number of hydrogen-bond donors (Lipinski definition) is 2. The second-order valence-electron chi connectivity index (χ2n) is 6.49. The number of carbonyl (C=O) groups is 2. The van der Waals surface area contributed by atoms with E-state index in [9.17, 15) is 9.59 Å². The fraction of sp³-hybridized carbons (Fsp3) is 0.857. The molecule has 1 heterocycles. The largest absolute Gasteiger partial charge is 0.378 e. The number of amides is 2. The molecule has 0 aromatic heterocycles. The van der Waals surface area contributed by atoms with Gasteiger partial charge in [-0.2, -0.15) is 0 Å². The Balaban J connectivity index is 0.00000220. The minimum absolute atomic E-state index is 0. The summed E-state index contributed by atoms with van der Waals surface area (Å²) in [6.45, 7) is 7.03. The van der Waals surface area contributed by atoms with Crippen molar-refractivity contribution in [2.75, 3.05) is 20.2 Å². The molecule has 1 aliphatic carbocycles. The summed E-state index contributed by atoms with van der Waals surface area (Å²) in [7, 11) is 1.74. The van der Waals surface area contributed by atoms with E-state index in [1.54, 1.807) is 11.9 Å². The molecule has 3 atom stereocenters. The van der Waals surface area contributed by atoms with Crippen LogP contribution in [-0.4, -0.2) is 54.6 Å². The molecule has 2 fully saturated rings. The Bertz CT molecular complexity index is 430. The maximum absolute atomic E-state index is 12.5. The zero-order chi connectivity index (χ0) is 15.1. The Morgan fingerprint density at radius 2 is 2.14 bits per heavy atom. The van der Waals surface area contributed by atoms with Gasteiger partial charge in [-0.05, 0) is 6.92 Å². The van der Waals surface area contributed by atoms with Crippen LogP contribution in [0.3, 0.4) is 0 Å². The van der Waals surface area contributed by atoms with Gasteiger partial charge < -0.3 is 20.7 Å². The highest BCUT2D eigenvalue weighted by molar-refractivity contribution is 5.90. The summed E-state index contributed by atoms with van der Waals surface area (Å²) in [5, 5.41) is 2.92. The molecule has 2 rings (SSSR count). The van der Waals surface area contributed by atoms with Gasteiger partial charge in [0.25, 0.3) is 0 Å². The summed E-state index contributed by atoms with van der Waals surface area (Å²) >= 11 is 0. The minimum Gasteiger partial charge on any atom is -0.378 e. The third kappa shape index (κ3) is 2.89. The molecular weight excluding hydrogens is 294 g/mol. The molecule has 0 radical (unpaired) electrons. The second kappa shape index (κ2) is 6.10. The SMILES string of the molecule is CCOC1CC(N)(C(=O)NC2CC(=O)N(C)C2)C1(C)C.Cl. The smallest absolute Gasteiger partial charge is 0.241 e. The number of nitrogens with zero attached hydrogens (tertiary/aromatic N) is 1. The van der Waals surface area contributed by atoms with Crippen molar-refractivity contribution < 1.29 is 14.3 Å². The van der Waals surface area contributed by atoms with Crippen LogP contribution in [0.4, 0.5) is 0 Å². The minimum atomic E-state index is -0.920. The van der Waals surface area contributed by atoms with Gasteiger partial charge in [-0.15, -0.1) is 12.4 Å². The molecule has 7 heteroatoms. The van der Waals surface area contributed by atoms with Gasteiger partial charge in [0.15, 0.2) is 0 Å². The van der Waals surface area contributed by atoms with Crippen LogP contribution in [0, 0.1) is 5.41 Å². The molecule has 21 heavy (non-hydrogen) atoms. The first-order valence-corrected chi connectivity index (χ1v) is 7.17. The molecule has 2 amide bonds. The van der Waals surface area contributed by atoms with Crippen molar-refractivity contribution >= 4 is 24.2 Å². The number of ether oxygens (including phenoxy) is 1. The van der Waals surface area contributed by atoms with Gasteiger partial charge in [0, 0.05) is 38.5 Å². The lowest BCUT2D eigenvalue weighted by molar-refractivity contribution is -0.171. The van der Waals surface area contributed by atoms with Gasteiger partial charge in [0.1, 0.15) is 5.54 Å². The van der Waals surface area contributed by atoms with Gasteiger partial charge in [-0.3, -0.25) is 9.59 Å². The first-order chi connectivity index (χ1) is 9.22. The Morgan fingerprint density at radius 3 is 2.57 bits per heavy atom. The molecule has 0 aromatic carbocycles. The highest BCUT2D eigenvalue weighted by Crippen LogP contribution is 2.49. The standard InChI is InChI=1S/C14H25N3O3.ClH/c1-5-20-10-7-14(15,13(10,2)3)12(19)16-9-6-11(18)17(4)8-9;/h9-10H,5-8,15H2,1-4H3,(H,16,19);1H. The lowest BCUT2D eigenvalue weighted by Crippen LogP contribution is -2.76. The molecule has 0 spiro atoms. The van der Waals surface area contributed by atoms with Gasteiger partial charge in [-0.25, -0.2) is 0 Å². The van der Waals surface area contributed by atoms with Crippen molar-refractivity contribution in [2.45, 2.75) is 51.3 Å². The van der Waals surface area contributed by atoms with E-state index < -0.39 is 11.0 Å². The Labute approximate surface area is 132 Å². The molecule has 1 aliphatic heterocycles. The summed E-state index contributed by atoms with van der Waals surface area (Å²) in [5.74, 6) is -0.118. The van der Waals surface area contributed by atoms with E-state index in [0.717, 1.165) is 0 Å². The fourth-order valence-corrected chi connectivity index (χ4v) is 3.09. The van der Waals surface area contributed by atoms with Gasteiger partial charge >= 0.3 is 0 Å². The molecule has 6 nitrogen and oxygen atoms in total. The zero-order valence-electron chi connectivity index (χ0n) is 13.1. The zero-order valence-corrected chi connectivity index (χ0v) is 14.0. The third-order valence-electron chi connectivity index (χ3n) is 4.91. The van der Waals surface area contributed by atoms with Crippen molar-refractivity contribution in [3.63, 3.8) is 0 Å². The Hall–Kier alpha value is -0.850. The number of hydrogen-bond acceptors (Lipinski definition) is 4. The van der Waals surface area contributed by atoms with Crippen molar-refractivity contribution in [3.8, 4) is 0 Å². The fourth-order valence-electron chi connectivity index (χ4n) is 3.09. The number of nitrogens with one attached hydrogen (secondary N) is 1. The van der Waals surface area contributed by atoms with E-state index in [4.69, 9.17) is 10.5 Å². The van der Waals surface area contributed by atoms with Crippen molar-refractivity contribution in [2.24, 2.45) is 11.1 Å². The van der Waals surface area contributed by atoms with Crippen LogP contribution in [0.25, 0.3) is 0 Å². The predicted molar refractivity (Wildman–Crippen MR) is 82.2 cm³/mol. The molecular formula is C14H26ClN3O3. The summed E-state index contributed by atoms with van der Waals surface area (Å²) in [5.41, 5.74) is 4.98. The van der Waals surface area contributed by atoms with E-state index in [1.165, 1.54) is 0 Å². The van der Waals surface area contributed by atoms with Crippen LogP contribution in [0.5, 0.6) is 0 Å². The highest BCUT2D eigenvalue weighted by Gasteiger charge is 2.63. The van der Waals surface area contributed by atoms with Crippen molar-refractivity contribution in [1.82, 2.24) is 10.2 Å². The molecule has 1 saturated carbocycles. The number of nitrogens with two attached hydrogens (primary N) is 1. The molecule has 122 valence electrons. The Morgan fingerprint density at radius 1 is 1.52 bits per heavy atom. The van der Waals surface area contributed by atoms with Crippen LogP contribution in [0.2, 0.25) is 0 Å². The summed E-state index contributed by atoms with van der Waals surface area (Å²) in [6, 6.07) is -0.137. The molecule has 1 saturated heterocycles.